The minimum atomic E-state index is -0.114. The molecule has 0 saturated carbocycles. The second-order valence-electron chi connectivity index (χ2n) is 4.89. The van der Waals surface area contributed by atoms with Crippen molar-refractivity contribution in [2.75, 3.05) is 13.2 Å². The lowest BCUT2D eigenvalue weighted by molar-refractivity contribution is -0.121. The fourth-order valence-electron chi connectivity index (χ4n) is 1.98. The smallest absolute Gasteiger partial charge is 0.221 e. The molecule has 5 heteroatoms. The largest absolute Gasteiger partial charge is 0.492 e. The van der Waals surface area contributed by atoms with E-state index in [1.807, 2.05) is 43.3 Å². The summed E-state index contributed by atoms with van der Waals surface area (Å²) in [6, 6.07) is 14.0. The molecule has 1 unspecified atom stereocenters. The monoisotopic (exact) mass is 308 g/mol. The molecule has 114 valence electrons. The van der Waals surface area contributed by atoms with Crippen molar-refractivity contribution in [2.24, 2.45) is 5.73 Å². The molecule has 3 N–H and O–H groups in total. The van der Waals surface area contributed by atoms with Crippen LogP contribution in [-0.4, -0.2) is 25.1 Å². The summed E-state index contributed by atoms with van der Waals surface area (Å²) >= 11 is 0. The van der Waals surface area contributed by atoms with Crippen LogP contribution < -0.4 is 15.8 Å². The second-order valence-corrected chi connectivity index (χ2v) is 4.89. The number of carbonyl (C=O) groups is 1. The molecule has 0 heterocycles. The SMILES string of the molecule is CC(N)CC(=O)NCCOc1ccc2ccccc2c1.Cl. The lowest BCUT2D eigenvalue weighted by Gasteiger charge is -2.09. The van der Waals surface area contributed by atoms with Gasteiger partial charge in [0.15, 0.2) is 0 Å². The summed E-state index contributed by atoms with van der Waals surface area (Å²) in [7, 11) is 0. The van der Waals surface area contributed by atoms with Crippen molar-refractivity contribution < 1.29 is 9.53 Å². The number of hydrogen-bond acceptors (Lipinski definition) is 3. The molecule has 1 amide bonds. The van der Waals surface area contributed by atoms with Gasteiger partial charge in [-0.15, -0.1) is 12.4 Å². The highest BCUT2D eigenvalue weighted by Gasteiger charge is 2.04. The van der Waals surface area contributed by atoms with Gasteiger partial charge >= 0.3 is 0 Å². The number of amides is 1. The molecule has 4 nitrogen and oxygen atoms in total. The lowest BCUT2D eigenvalue weighted by Crippen LogP contribution is -2.32. The first-order valence-corrected chi connectivity index (χ1v) is 6.79. The fraction of sp³-hybridized carbons (Fsp3) is 0.312. The number of ether oxygens (including phenoxy) is 1. The molecule has 0 aliphatic heterocycles. The lowest BCUT2D eigenvalue weighted by atomic mass is 10.1. The van der Waals surface area contributed by atoms with E-state index in [0.29, 0.717) is 19.6 Å². The quantitative estimate of drug-likeness (QED) is 0.806. The molecule has 2 aromatic carbocycles. The van der Waals surface area contributed by atoms with Gasteiger partial charge in [-0.05, 0) is 29.8 Å². The van der Waals surface area contributed by atoms with Gasteiger partial charge in [0.2, 0.25) is 5.91 Å². The molecule has 0 aliphatic rings. The van der Waals surface area contributed by atoms with E-state index in [2.05, 4.69) is 11.4 Å². The van der Waals surface area contributed by atoms with Crippen LogP contribution in [0.3, 0.4) is 0 Å². The van der Waals surface area contributed by atoms with Crippen molar-refractivity contribution >= 4 is 29.1 Å². The van der Waals surface area contributed by atoms with Crippen LogP contribution in [0.15, 0.2) is 42.5 Å². The molecule has 1 atom stereocenters. The van der Waals surface area contributed by atoms with Gasteiger partial charge < -0.3 is 15.8 Å². The summed E-state index contributed by atoms with van der Waals surface area (Å²) < 4.78 is 5.62. The zero-order chi connectivity index (χ0) is 14.4. The van der Waals surface area contributed by atoms with E-state index in [4.69, 9.17) is 10.5 Å². The molecule has 0 spiro atoms. The predicted octanol–water partition coefficient (Wildman–Crippen LogP) is 2.49. The maximum atomic E-state index is 11.4. The van der Waals surface area contributed by atoms with Crippen molar-refractivity contribution in [2.45, 2.75) is 19.4 Å². The molecular weight excluding hydrogens is 288 g/mol. The average molecular weight is 309 g/mol. The van der Waals surface area contributed by atoms with E-state index in [-0.39, 0.29) is 24.4 Å². The molecule has 21 heavy (non-hydrogen) atoms. The summed E-state index contributed by atoms with van der Waals surface area (Å²) in [4.78, 5) is 11.4. The fourth-order valence-corrected chi connectivity index (χ4v) is 1.98. The molecule has 0 bridgehead atoms. The highest BCUT2D eigenvalue weighted by atomic mass is 35.5. The number of rotatable bonds is 6. The molecule has 0 saturated heterocycles. The Labute approximate surface area is 131 Å². The molecule has 2 rings (SSSR count). The van der Waals surface area contributed by atoms with E-state index < -0.39 is 0 Å². The van der Waals surface area contributed by atoms with Crippen LogP contribution in [-0.2, 0) is 4.79 Å². The van der Waals surface area contributed by atoms with E-state index in [0.717, 1.165) is 11.1 Å². The Morgan fingerprint density at radius 1 is 1.24 bits per heavy atom. The first kappa shape index (κ1) is 17.3. The summed E-state index contributed by atoms with van der Waals surface area (Å²) in [5, 5.41) is 5.11. The number of carbonyl (C=O) groups excluding carboxylic acids is 1. The van der Waals surface area contributed by atoms with Gasteiger partial charge in [0.05, 0.1) is 6.54 Å². The van der Waals surface area contributed by atoms with Crippen molar-refractivity contribution in [1.82, 2.24) is 5.32 Å². The topological polar surface area (TPSA) is 64.4 Å². The Morgan fingerprint density at radius 2 is 1.95 bits per heavy atom. The molecule has 2 aromatic rings. The zero-order valence-electron chi connectivity index (χ0n) is 12.0. The first-order chi connectivity index (χ1) is 9.65. The minimum Gasteiger partial charge on any atom is -0.492 e. The van der Waals surface area contributed by atoms with Crippen molar-refractivity contribution in [1.29, 1.82) is 0 Å². The number of hydrogen-bond donors (Lipinski definition) is 2. The normalized spacial score (nSPS) is 11.5. The zero-order valence-corrected chi connectivity index (χ0v) is 12.9. The Hall–Kier alpha value is -1.78. The summed E-state index contributed by atoms with van der Waals surface area (Å²) in [5.74, 6) is 0.771. The van der Waals surface area contributed by atoms with Gasteiger partial charge in [-0.2, -0.15) is 0 Å². The summed E-state index contributed by atoms with van der Waals surface area (Å²) in [6.07, 6.45) is 0.343. The van der Waals surface area contributed by atoms with E-state index in [1.54, 1.807) is 0 Å². The van der Waals surface area contributed by atoms with Crippen LogP contribution in [0.4, 0.5) is 0 Å². The van der Waals surface area contributed by atoms with Crippen molar-refractivity contribution in [3.05, 3.63) is 42.5 Å². The Morgan fingerprint density at radius 3 is 2.67 bits per heavy atom. The van der Waals surface area contributed by atoms with Crippen molar-refractivity contribution in [3.8, 4) is 5.75 Å². The van der Waals surface area contributed by atoms with Crippen LogP contribution >= 0.6 is 12.4 Å². The maximum absolute atomic E-state index is 11.4. The first-order valence-electron chi connectivity index (χ1n) is 6.79. The number of nitrogens with one attached hydrogen (secondary N) is 1. The van der Waals surface area contributed by atoms with Crippen LogP contribution in [0.25, 0.3) is 10.8 Å². The standard InChI is InChI=1S/C16H20N2O2.ClH/c1-12(17)10-16(19)18-8-9-20-15-7-6-13-4-2-3-5-14(13)11-15;/h2-7,11-12H,8-10,17H2,1H3,(H,18,19);1H. The third-order valence-corrected chi connectivity index (χ3v) is 2.92. The molecule has 0 aliphatic carbocycles. The Balaban J connectivity index is 0.00000220. The van der Waals surface area contributed by atoms with Crippen LogP contribution in [0.2, 0.25) is 0 Å². The third kappa shape index (κ3) is 5.61. The Kier molecular flexibility index (Phi) is 6.99. The molecule has 0 fully saturated rings. The molecule has 0 radical (unpaired) electrons. The van der Waals surface area contributed by atoms with Gasteiger partial charge in [0.1, 0.15) is 12.4 Å². The van der Waals surface area contributed by atoms with Crippen molar-refractivity contribution in [3.63, 3.8) is 0 Å². The number of benzene rings is 2. The van der Waals surface area contributed by atoms with E-state index in [1.165, 1.54) is 5.39 Å². The van der Waals surface area contributed by atoms with Gasteiger partial charge in [-0.3, -0.25) is 4.79 Å². The van der Waals surface area contributed by atoms with E-state index >= 15 is 0 Å². The van der Waals surface area contributed by atoms with Crippen LogP contribution in [0.1, 0.15) is 13.3 Å². The number of nitrogens with two attached hydrogens (primary N) is 1. The van der Waals surface area contributed by atoms with Crippen LogP contribution in [0.5, 0.6) is 5.75 Å². The molecular formula is C16H21ClN2O2. The maximum Gasteiger partial charge on any atom is 0.221 e. The van der Waals surface area contributed by atoms with E-state index in [9.17, 15) is 4.79 Å². The highest BCUT2D eigenvalue weighted by Crippen LogP contribution is 2.20. The van der Waals surface area contributed by atoms with Gasteiger partial charge in [-0.25, -0.2) is 0 Å². The highest BCUT2D eigenvalue weighted by molar-refractivity contribution is 5.85. The summed E-state index contributed by atoms with van der Waals surface area (Å²) in [5.41, 5.74) is 5.55. The summed E-state index contributed by atoms with van der Waals surface area (Å²) in [6.45, 7) is 2.74. The van der Waals surface area contributed by atoms with Gasteiger partial charge in [0.25, 0.3) is 0 Å². The van der Waals surface area contributed by atoms with Gasteiger partial charge in [0, 0.05) is 12.5 Å². The average Bonchev–Trinajstić information content (AvgIpc) is 2.43. The second kappa shape index (κ2) is 8.49. The third-order valence-electron chi connectivity index (χ3n) is 2.92. The number of halogens is 1. The number of fused-ring (bicyclic) bond motifs is 1. The van der Waals surface area contributed by atoms with Crippen LogP contribution in [0, 0.1) is 0 Å². The Bertz CT molecular complexity index is 587. The molecule has 0 aromatic heterocycles. The predicted molar refractivity (Wildman–Crippen MR) is 88.0 cm³/mol. The minimum absolute atomic E-state index is 0. The van der Waals surface area contributed by atoms with Gasteiger partial charge in [-0.1, -0.05) is 30.3 Å².